The van der Waals surface area contributed by atoms with Gasteiger partial charge in [-0.2, -0.15) is 0 Å². The minimum absolute atomic E-state index is 0.139. The van der Waals surface area contributed by atoms with Crippen LogP contribution in [0.1, 0.15) is 32.1 Å². The van der Waals surface area contributed by atoms with Crippen molar-refractivity contribution in [2.75, 3.05) is 12.3 Å². The summed E-state index contributed by atoms with van der Waals surface area (Å²) in [5, 5.41) is 7.98. The molecule has 6 nitrogen and oxygen atoms in total. The van der Waals surface area contributed by atoms with Gasteiger partial charge in [-0.3, -0.25) is 4.79 Å². The topological polar surface area (TPSA) is 85.2 Å². The maximum absolute atomic E-state index is 12.0. The van der Waals surface area contributed by atoms with Crippen LogP contribution in [0.3, 0.4) is 0 Å². The first kappa shape index (κ1) is 13.4. The summed E-state index contributed by atoms with van der Waals surface area (Å²) in [6.07, 6.45) is 3.40. The summed E-state index contributed by atoms with van der Waals surface area (Å²) in [7, 11) is 0. The third kappa shape index (κ3) is 3.23. The van der Waals surface area contributed by atoms with E-state index in [-0.39, 0.29) is 12.5 Å². The standard InChI is InChI=1S/C11H18N4O2S/c1-8-4-2-3-5-15(8)10(16)7-18-11-14-13-9(6-12)17-11/h8H,2-7,12H2,1H3. The summed E-state index contributed by atoms with van der Waals surface area (Å²) in [5.41, 5.74) is 5.37. The highest BCUT2D eigenvalue weighted by molar-refractivity contribution is 7.99. The van der Waals surface area contributed by atoms with Crippen LogP contribution in [0.5, 0.6) is 0 Å². The third-order valence-electron chi connectivity index (χ3n) is 3.07. The van der Waals surface area contributed by atoms with Crippen molar-refractivity contribution in [3.8, 4) is 0 Å². The van der Waals surface area contributed by atoms with Crippen molar-refractivity contribution >= 4 is 17.7 Å². The molecule has 0 bridgehead atoms. The first-order valence-electron chi connectivity index (χ1n) is 6.15. The Morgan fingerprint density at radius 2 is 2.39 bits per heavy atom. The Bertz CT molecular complexity index is 410. The van der Waals surface area contributed by atoms with Crippen molar-refractivity contribution in [1.29, 1.82) is 0 Å². The van der Waals surface area contributed by atoms with Crippen LogP contribution in [0.4, 0.5) is 0 Å². The zero-order valence-corrected chi connectivity index (χ0v) is 11.3. The van der Waals surface area contributed by atoms with Gasteiger partial charge in [-0.1, -0.05) is 11.8 Å². The van der Waals surface area contributed by atoms with Gasteiger partial charge in [0.2, 0.25) is 11.8 Å². The number of amides is 1. The molecule has 0 aromatic carbocycles. The number of thioether (sulfide) groups is 1. The van der Waals surface area contributed by atoms with E-state index in [0.29, 0.717) is 22.9 Å². The summed E-state index contributed by atoms with van der Waals surface area (Å²) in [5.74, 6) is 0.882. The summed E-state index contributed by atoms with van der Waals surface area (Å²) in [6.45, 7) is 3.18. The van der Waals surface area contributed by atoms with Gasteiger partial charge in [0.15, 0.2) is 0 Å². The number of piperidine rings is 1. The average Bonchev–Trinajstić information content (AvgIpc) is 2.84. The highest BCUT2D eigenvalue weighted by atomic mass is 32.2. The normalized spacial score (nSPS) is 20.1. The fourth-order valence-corrected chi connectivity index (χ4v) is 2.72. The zero-order chi connectivity index (χ0) is 13.0. The van der Waals surface area contributed by atoms with Crippen LogP contribution in [-0.4, -0.2) is 39.3 Å². The molecule has 1 aliphatic heterocycles. The van der Waals surface area contributed by atoms with E-state index >= 15 is 0 Å². The van der Waals surface area contributed by atoms with Gasteiger partial charge in [0, 0.05) is 12.6 Å². The van der Waals surface area contributed by atoms with E-state index < -0.39 is 0 Å². The lowest BCUT2D eigenvalue weighted by Gasteiger charge is -2.33. The Balaban J connectivity index is 1.83. The Labute approximate surface area is 110 Å². The number of nitrogens with two attached hydrogens (primary N) is 1. The van der Waals surface area contributed by atoms with Crippen LogP contribution >= 0.6 is 11.8 Å². The number of carbonyl (C=O) groups is 1. The van der Waals surface area contributed by atoms with Gasteiger partial charge in [0.25, 0.3) is 5.22 Å². The number of carbonyl (C=O) groups excluding carboxylic acids is 1. The van der Waals surface area contributed by atoms with Crippen LogP contribution in [0, 0.1) is 0 Å². The highest BCUT2D eigenvalue weighted by Gasteiger charge is 2.23. The maximum Gasteiger partial charge on any atom is 0.277 e. The molecule has 0 aliphatic carbocycles. The molecule has 1 amide bonds. The highest BCUT2D eigenvalue weighted by Crippen LogP contribution is 2.20. The van der Waals surface area contributed by atoms with Gasteiger partial charge in [-0.05, 0) is 26.2 Å². The van der Waals surface area contributed by atoms with Crippen LogP contribution < -0.4 is 5.73 Å². The smallest absolute Gasteiger partial charge is 0.277 e. The van der Waals surface area contributed by atoms with E-state index in [1.54, 1.807) is 0 Å². The predicted octanol–water partition coefficient (Wildman–Crippen LogP) is 1.02. The Morgan fingerprint density at radius 1 is 1.56 bits per heavy atom. The van der Waals surface area contributed by atoms with E-state index in [0.717, 1.165) is 19.4 Å². The molecule has 0 spiro atoms. The molecule has 1 atom stereocenters. The summed E-state index contributed by atoms with van der Waals surface area (Å²) in [6, 6.07) is 0.342. The van der Waals surface area contributed by atoms with Crippen molar-refractivity contribution in [3.05, 3.63) is 5.89 Å². The number of hydrogen-bond donors (Lipinski definition) is 1. The zero-order valence-electron chi connectivity index (χ0n) is 10.5. The largest absolute Gasteiger partial charge is 0.415 e. The maximum atomic E-state index is 12.0. The number of hydrogen-bond acceptors (Lipinski definition) is 6. The second-order valence-corrected chi connectivity index (χ2v) is 5.31. The first-order valence-corrected chi connectivity index (χ1v) is 7.14. The first-order chi connectivity index (χ1) is 8.70. The van der Waals surface area contributed by atoms with E-state index in [9.17, 15) is 4.79 Å². The van der Waals surface area contributed by atoms with Gasteiger partial charge in [-0.15, -0.1) is 10.2 Å². The molecule has 1 aliphatic rings. The molecule has 1 aromatic heterocycles. The van der Waals surface area contributed by atoms with Gasteiger partial charge >= 0.3 is 0 Å². The molecule has 18 heavy (non-hydrogen) atoms. The molecule has 0 saturated carbocycles. The molecule has 1 fully saturated rings. The van der Waals surface area contributed by atoms with Crippen molar-refractivity contribution in [3.63, 3.8) is 0 Å². The quantitative estimate of drug-likeness (QED) is 0.822. The van der Waals surface area contributed by atoms with Crippen molar-refractivity contribution in [2.24, 2.45) is 5.73 Å². The fraction of sp³-hybridized carbons (Fsp3) is 0.727. The molecular weight excluding hydrogens is 252 g/mol. The number of likely N-dealkylation sites (tertiary alicyclic amines) is 1. The lowest BCUT2D eigenvalue weighted by Crippen LogP contribution is -2.42. The Hall–Kier alpha value is -1.08. The SMILES string of the molecule is CC1CCCCN1C(=O)CSc1nnc(CN)o1. The van der Waals surface area contributed by atoms with Crippen LogP contribution in [0.2, 0.25) is 0 Å². The third-order valence-corrected chi connectivity index (χ3v) is 3.87. The van der Waals surface area contributed by atoms with Crippen molar-refractivity contribution < 1.29 is 9.21 Å². The van der Waals surface area contributed by atoms with Crippen molar-refractivity contribution in [1.82, 2.24) is 15.1 Å². The minimum Gasteiger partial charge on any atom is -0.415 e. The van der Waals surface area contributed by atoms with Crippen LogP contribution in [0.15, 0.2) is 9.64 Å². The Kier molecular flexibility index (Phi) is 4.60. The fourth-order valence-electron chi connectivity index (χ4n) is 2.05. The molecule has 7 heteroatoms. The predicted molar refractivity (Wildman–Crippen MR) is 67.9 cm³/mol. The molecule has 100 valence electrons. The van der Waals surface area contributed by atoms with E-state index in [1.807, 2.05) is 4.90 Å². The number of aromatic nitrogens is 2. The molecule has 1 unspecified atom stereocenters. The summed E-state index contributed by atoms with van der Waals surface area (Å²) >= 11 is 1.27. The number of rotatable bonds is 4. The molecule has 1 aromatic rings. The van der Waals surface area contributed by atoms with Gasteiger partial charge < -0.3 is 15.1 Å². The number of nitrogens with zero attached hydrogens (tertiary/aromatic N) is 3. The van der Waals surface area contributed by atoms with E-state index in [1.165, 1.54) is 18.2 Å². The van der Waals surface area contributed by atoms with Crippen LogP contribution in [-0.2, 0) is 11.3 Å². The minimum atomic E-state index is 0.139. The van der Waals surface area contributed by atoms with Crippen molar-refractivity contribution in [2.45, 2.75) is 44.0 Å². The lowest BCUT2D eigenvalue weighted by molar-refractivity contribution is -0.131. The summed E-state index contributed by atoms with van der Waals surface area (Å²) < 4.78 is 5.24. The molecule has 0 radical (unpaired) electrons. The average molecular weight is 270 g/mol. The van der Waals surface area contributed by atoms with Gasteiger partial charge in [-0.25, -0.2) is 0 Å². The second-order valence-electron chi connectivity index (χ2n) is 4.39. The molecule has 1 saturated heterocycles. The monoisotopic (exact) mass is 270 g/mol. The van der Waals surface area contributed by atoms with Gasteiger partial charge in [0.1, 0.15) is 0 Å². The molecule has 2 rings (SSSR count). The van der Waals surface area contributed by atoms with E-state index in [4.69, 9.17) is 10.2 Å². The molecule has 2 N–H and O–H groups in total. The van der Waals surface area contributed by atoms with Gasteiger partial charge in [0.05, 0.1) is 12.3 Å². The molecular formula is C11H18N4O2S. The van der Waals surface area contributed by atoms with E-state index in [2.05, 4.69) is 17.1 Å². The summed E-state index contributed by atoms with van der Waals surface area (Å²) in [4.78, 5) is 14.0. The Morgan fingerprint density at radius 3 is 3.06 bits per heavy atom. The van der Waals surface area contributed by atoms with Crippen LogP contribution in [0.25, 0.3) is 0 Å². The molecule has 2 heterocycles. The second kappa shape index (κ2) is 6.19. The lowest BCUT2D eigenvalue weighted by atomic mass is 10.0.